The summed E-state index contributed by atoms with van der Waals surface area (Å²) >= 11 is 5.86. The van der Waals surface area contributed by atoms with Crippen LogP contribution in [0.25, 0.3) is 0 Å². The molecule has 3 rings (SSSR count). The van der Waals surface area contributed by atoms with Gasteiger partial charge in [0, 0.05) is 23.8 Å². The van der Waals surface area contributed by atoms with Crippen molar-refractivity contribution in [2.24, 2.45) is 0 Å². The zero-order chi connectivity index (χ0) is 16.8. The van der Waals surface area contributed by atoms with Crippen LogP contribution in [0.5, 0.6) is 0 Å². The van der Waals surface area contributed by atoms with Gasteiger partial charge in [0.25, 0.3) is 5.91 Å². The molecule has 0 atom stereocenters. The summed E-state index contributed by atoms with van der Waals surface area (Å²) in [7, 11) is 0. The van der Waals surface area contributed by atoms with Gasteiger partial charge in [0.15, 0.2) is 0 Å². The van der Waals surface area contributed by atoms with E-state index in [0.717, 1.165) is 18.4 Å². The van der Waals surface area contributed by atoms with Crippen LogP contribution in [-0.2, 0) is 6.54 Å². The Kier molecular flexibility index (Phi) is 5.64. The number of carbonyl (C=O) groups is 1. The molecule has 0 saturated heterocycles. The lowest BCUT2D eigenvalue weighted by Crippen LogP contribution is -2.26. The van der Waals surface area contributed by atoms with Crippen LogP contribution in [0.1, 0.15) is 48.2 Å². The third-order valence-corrected chi connectivity index (χ3v) is 4.44. The van der Waals surface area contributed by atoms with E-state index < -0.39 is 0 Å². The van der Waals surface area contributed by atoms with Crippen LogP contribution in [0, 0.1) is 0 Å². The molecular formula is C18H21ClN4O. The molecule has 0 radical (unpaired) electrons. The second-order valence-electron chi connectivity index (χ2n) is 6.05. The summed E-state index contributed by atoms with van der Waals surface area (Å²) in [6, 6.07) is 9.42. The summed E-state index contributed by atoms with van der Waals surface area (Å²) in [6.07, 6.45) is 7.66. The van der Waals surface area contributed by atoms with Crippen molar-refractivity contribution in [1.29, 1.82) is 0 Å². The molecule has 0 unspecified atom stereocenters. The normalized spacial score (nSPS) is 15.0. The molecule has 0 bridgehead atoms. The van der Waals surface area contributed by atoms with Crippen LogP contribution in [0.4, 0.5) is 5.95 Å². The summed E-state index contributed by atoms with van der Waals surface area (Å²) in [5.41, 5.74) is 1.36. The van der Waals surface area contributed by atoms with E-state index in [-0.39, 0.29) is 5.91 Å². The minimum atomic E-state index is -0.209. The number of aromatic nitrogens is 2. The van der Waals surface area contributed by atoms with E-state index in [0.29, 0.717) is 29.3 Å². The Morgan fingerprint density at radius 3 is 2.62 bits per heavy atom. The van der Waals surface area contributed by atoms with Gasteiger partial charge in [-0.05, 0) is 36.6 Å². The van der Waals surface area contributed by atoms with Crippen molar-refractivity contribution in [3.63, 3.8) is 0 Å². The monoisotopic (exact) mass is 344 g/mol. The lowest BCUT2D eigenvalue weighted by atomic mass is 9.96. The van der Waals surface area contributed by atoms with Crippen LogP contribution in [-0.4, -0.2) is 21.9 Å². The first-order valence-corrected chi connectivity index (χ1v) is 8.71. The van der Waals surface area contributed by atoms with Crippen molar-refractivity contribution in [3.05, 3.63) is 52.8 Å². The molecule has 1 fully saturated rings. The first kappa shape index (κ1) is 16.7. The third kappa shape index (κ3) is 4.68. The highest BCUT2D eigenvalue weighted by atomic mass is 35.5. The summed E-state index contributed by atoms with van der Waals surface area (Å²) in [4.78, 5) is 20.8. The molecule has 1 aromatic carbocycles. The number of hydrogen-bond acceptors (Lipinski definition) is 4. The van der Waals surface area contributed by atoms with Crippen LogP contribution in [0.15, 0.2) is 36.5 Å². The number of hydrogen-bond donors (Lipinski definition) is 2. The van der Waals surface area contributed by atoms with Crippen LogP contribution in [0.3, 0.4) is 0 Å². The Labute approximate surface area is 146 Å². The van der Waals surface area contributed by atoms with E-state index in [2.05, 4.69) is 20.6 Å². The zero-order valence-corrected chi connectivity index (χ0v) is 14.2. The first-order valence-electron chi connectivity index (χ1n) is 8.33. The van der Waals surface area contributed by atoms with E-state index in [1.165, 1.54) is 19.3 Å². The van der Waals surface area contributed by atoms with Crippen LogP contribution in [0.2, 0.25) is 5.02 Å². The molecule has 0 aliphatic heterocycles. The SMILES string of the molecule is O=C(NCc1ccc(Cl)cc1)c1ccnc(NC2CCCCC2)n1. The van der Waals surface area contributed by atoms with Gasteiger partial charge in [-0.25, -0.2) is 9.97 Å². The van der Waals surface area contributed by atoms with Crippen molar-refractivity contribution in [2.45, 2.75) is 44.7 Å². The van der Waals surface area contributed by atoms with Gasteiger partial charge >= 0.3 is 0 Å². The fraction of sp³-hybridized carbons (Fsp3) is 0.389. The van der Waals surface area contributed by atoms with Crippen molar-refractivity contribution < 1.29 is 4.79 Å². The van der Waals surface area contributed by atoms with Crippen molar-refractivity contribution >= 4 is 23.5 Å². The molecule has 1 amide bonds. The minimum Gasteiger partial charge on any atom is -0.351 e. The Morgan fingerprint density at radius 2 is 1.88 bits per heavy atom. The van der Waals surface area contributed by atoms with Gasteiger partial charge in [-0.3, -0.25) is 4.79 Å². The molecule has 1 aliphatic rings. The van der Waals surface area contributed by atoms with E-state index in [1.807, 2.05) is 12.1 Å². The number of benzene rings is 1. The molecule has 1 saturated carbocycles. The largest absolute Gasteiger partial charge is 0.351 e. The van der Waals surface area contributed by atoms with E-state index in [1.54, 1.807) is 24.4 Å². The second kappa shape index (κ2) is 8.11. The number of rotatable bonds is 5. The standard InChI is InChI=1S/C18H21ClN4O/c19-14-8-6-13(7-9-14)12-21-17(24)16-10-11-20-18(23-16)22-15-4-2-1-3-5-15/h6-11,15H,1-5,12H2,(H,21,24)(H,20,22,23). The van der Waals surface area contributed by atoms with Crippen molar-refractivity contribution in [2.75, 3.05) is 5.32 Å². The number of amides is 1. The lowest BCUT2D eigenvalue weighted by molar-refractivity contribution is 0.0946. The summed E-state index contributed by atoms with van der Waals surface area (Å²) in [5, 5.41) is 6.88. The molecule has 1 heterocycles. The van der Waals surface area contributed by atoms with Crippen molar-refractivity contribution in [1.82, 2.24) is 15.3 Å². The highest BCUT2D eigenvalue weighted by molar-refractivity contribution is 6.30. The minimum absolute atomic E-state index is 0.209. The van der Waals surface area contributed by atoms with Gasteiger partial charge < -0.3 is 10.6 Å². The highest BCUT2D eigenvalue weighted by Gasteiger charge is 2.15. The molecule has 126 valence electrons. The molecule has 0 spiro atoms. The molecule has 5 nitrogen and oxygen atoms in total. The fourth-order valence-electron chi connectivity index (χ4n) is 2.86. The molecule has 6 heteroatoms. The Bertz CT molecular complexity index is 684. The fourth-order valence-corrected chi connectivity index (χ4v) is 2.99. The molecule has 1 aliphatic carbocycles. The number of carbonyl (C=O) groups excluding carboxylic acids is 1. The van der Waals surface area contributed by atoms with Gasteiger partial charge in [0.1, 0.15) is 5.69 Å². The van der Waals surface area contributed by atoms with Crippen LogP contribution >= 0.6 is 11.6 Å². The van der Waals surface area contributed by atoms with E-state index >= 15 is 0 Å². The molecular weight excluding hydrogens is 324 g/mol. The average Bonchev–Trinajstić information content (AvgIpc) is 2.62. The topological polar surface area (TPSA) is 66.9 Å². The first-order chi connectivity index (χ1) is 11.7. The smallest absolute Gasteiger partial charge is 0.270 e. The number of nitrogens with zero attached hydrogens (tertiary/aromatic N) is 2. The molecule has 2 aromatic rings. The average molecular weight is 345 g/mol. The molecule has 1 aromatic heterocycles. The van der Waals surface area contributed by atoms with Crippen LogP contribution < -0.4 is 10.6 Å². The second-order valence-corrected chi connectivity index (χ2v) is 6.49. The number of anilines is 1. The summed E-state index contributed by atoms with van der Waals surface area (Å²) < 4.78 is 0. The third-order valence-electron chi connectivity index (χ3n) is 4.19. The van der Waals surface area contributed by atoms with E-state index in [4.69, 9.17) is 11.6 Å². The van der Waals surface area contributed by atoms with Gasteiger partial charge in [-0.1, -0.05) is 43.0 Å². The highest BCUT2D eigenvalue weighted by Crippen LogP contribution is 2.20. The number of nitrogens with one attached hydrogen (secondary N) is 2. The predicted molar refractivity (Wildman–Crippen MR) is 95.1 cm³/mol. The van der Waals surface area contributed by atoms with Gasteiger partial charge in [-0.15, -0.1) is 0 Å². The maximum atomic E-state index is 12.3. The molecule has 24 heavy (non-hydrogen) atoms. The number of halogens is 1. The predicted octanol–water partition coefficient (Wildman–Crippen LogP) is 3.80. The Hall–Kier alpha value is -2.14. The molecule has 2 N–H and O–H groups in total. The Morgan fingerprint density at radius 1 is 1.12 bits per heavy atom. The lowest BCUT2D eigenvalue weighted by Gasteiger charge is -2.22. The summed E-state index contributed by atoms with van der Waals surface area (Å²) in [6.45, 7) is 0.436. The maximum absolute atomic E-state index is 12.3. The van der Waals surface area contributed by atoms with Gasteiger partial charge in [-0.2, -0.15) is 0 Å². The zero-order valence-electron chi connectivity index (χ0n) is 13.5. The Balaban J connectivity index is 1.58. The summed E-state index contributed by atoms with van der Waals surface area (Å²) in [5.74, 6) is 0.320. The quantitative estimate of drug-likeness (QED) is 0.865. The van der Waals surface area contributed by atoms with Gasteiger partial charge in [0.2, 0.25) is 5.95 Å². The van der Waals surface area contributed by atoms with E-state index in [9.17, 15) is 4.79 Å². The van der Waals surface area contributed by atoms with Crippen molar-refractivity contribution in [3.8, 4) is 0 Å². The maximum Gasteiger partial charge on any atom is 0.270 e. The van der Waals surface area contributed by atoms with Gasteiger partial charge in [0.05, 0.1) is 0 Å².